The van der Waals surface area contributed by atoms with Crippen LogP contribution in [-0.2, 0) is 5.88 Å². The highest BCUT2D eigenvalue weighted by molar-refractivity contribution is 6.17. The van der Waals surface area contributed by atoms with Gasteiger partial charge >= 0.3 is 0 Å². The first kappa shape index (κ1) is 9.00. The summed E-state index contributed by atoms with van der Waals surface area (Å²) in [6, 6.07) is 2.72. The lowest BCUT2D eigenvalue weighted by molar-refractivity contribution is 0.364. The van der Waals surface area contributed by atoms with Crippen LogP contribution in [0.2, 0.25) is 0 Å². The number of methoxy groups -OCH3 is 1. The first-order valence-corrected chi connectivity index (χ1v) is 3.88. The normalized spacial score (nSPS) is 9.83. The van der Waals surface area contributed by atoms with Crippen LogP contribution in [0.25, 0.3) is 0 Å². The average molecular weight is 189 g/mol. The van der Waals surface area contributed by atoms with Gasteiger partial charge in [0.1, 0.15) is 5.75 Å². The third kappa shape index (κ3) is 1.41. The molecule has 1 rings (SSSR count). The van der Waals surface area contributed by atoms with E-state index in [9.17, 15) is 10.2 Å². The van der Waals surface area contributed by atoms with E-state index in [0.717, 1.165) is 0 Å². The Hall–Kier alpha value is -1.09. The van der Waals surface area contributed by atoms with Crippen molar-refractivity contribution in [1.82, 2.24) is 0 Å². The van der Waals surface area contributed by atoms with Crippen molar-refractivity contribution in [3.8, 4) is 17.2 Å². The SMILES string of the molecule is COc1c(O)ccc(O)c1CCl. The summed E-state index contributed by atoms with van der Waals surface area (Å²) in [6.07, 6.45) is 0. The predicted molar refractivity (Wildman–Crippen MR) is 45.9 cm³/mol. The molecule has 0 fully saturated rings. The van der Waals surface area contributed by atoms with Crippen molar-refractivity contribution in [3.63, 3.8) is 0 Å². The smallest absolute Gasteiger partial charge is 0.168 e. The van der Waals surface area contributed by atoms with Crippen LogP contribution in [0.3, 0.4) is 0 Å². The summed E-state index contributed by atoms with van der Waals surface area (Å²) < 4.78 is 4.85. The molecule has 0 radical (unpaired) electrons. The minimum atomic E-state index is -0.0223. The molecule has 0 aliphatic carbocycles. The van der Waals surface area contributed by atoms with Gasteiger partial charge in [-0.2, -0.15) is 0 Å². The van der Waals surface area contributed by atoms with E-state index in [2.05, 4.69) is 0 Å². The van der Waals surface area contributed by atoms with Gasteiger partial charge in [-0.25, -0.2) is 0 Å². The highest BCUT2D eigenvalue weighted by Crippen LogP contribution is 2.36. The van der Waals surface area contributed by atoms with Gasteiger partial charge in [0.05, 0.1) is 18.6 Å². The van der Waals surface area contributed by atoms with Gasteiger partial charge < -0.3 is 14.9 Å². The standard InChI is InChI=1S/C8H9ClO3/c1-12-8-5(4-9)6(10)2-3-7(8)11/h2-3,10-11H,4H2,1H3. The monoisotopic (exact) mass is 188 g/mol. The molecule has 0 amide bonds. The Labute approximate surface area is 75.2 Å². The van der Waals surface area contributed by atoms with Crippen molar-refractivity contribution in [2.45, 2.75) is 5.88 Å². The van der Waals surface area contributed by atoms with Crippen molar-refractivity contribution in [2.75, 3.05) is 7.11 Å². The van der Waals surface area contributed by atoms with E-state index >= 15 is 0 Å². The maximum Gasteiger partial charge on any atom is 0.168 e. The molecule has 4 heteroatoms. The summed E-state index contributed by atoms with van der Waals surface area (Å²) in [4.78, 5) is 0. The number of halogens is 1. The number of phenolic OH excluding ortho intramolecular Hbond substituents is 2. The molecule has 1 aromatic rings. The molecule has 0 saturated heterocycles. The number of ether oxygens (including phenoxy) is 1. The van der Waals surface area contributed by atoms with Crippen molar-refractivity contribution < 1.29 is 14.9 Å². The molecular formula is C8H9ClO3. The average Bonchev–Trinajstić information content (AvgIpc) is 2.08. The number of rotatable bonds is 2. The molecule has 0 spiro atoms. The Kier molecular flexibility index (Phi) is 2.65. The van der Waals surface area contributed by atoms with Crippen molar-refractivity contribution in [1.29, 1.82) is 0 Å². The quantitative estimate of drug-likeness (QED) is 0.550. The molecular weight excluding hydrogens is 180 g/mol. The van der Waals surface area contributed by atoms with Crippen LogP contribution in [0, 0.1) is 0 Å². The molecule has 0 unspecified atom stereocenters. The molecule has 0 bridgehead atoms. The third-order valence-corrected chi connectivity index (χ3v) is 1.82. The molecule has 0 aliphatic heterocycles. The summed E-state index contributed by atoms with van der Waals surface area (Å²) in [5.41, 5.74) is 0.402. The topological polar surface area (TPSA) is 49.7 Å². The van der Waals surface area contributed by atoms with Gasteiger partial charge in [0.2, 0.25) is 0 Å². The second kappa shape index (κ2) is 3.54. The van der Waals surface area contributed by atoms with E-state index in [4.69, 9.17) is 16.3 Å². The van der Waals surface area contributed by atoms with Gasteiger partial charge in [-0.15, -0.1) is 11.6 Å². The van der Waals surface area contributed by atoms with Crippen LogP contribution in [0.1, 0.15) is 5.56 Å². The lowest BCUT2D eigenvalue weighted by Crippen LogP contribution is -1.90. The molecule has 66 valence electrons. The number of aromatic hydroxyl groups is 2. The van der Waals surface area contributed by atoms with Crippen LogP contribution in [0.15, 0.2) is 12.1 Å². The molecule has 1 aromatic carbocycles. The first-order chi connectivity index (χ1) is 5.70. The van der Waals surface area contributed by atoms with Crippen molar-refractivity contribution in [2.24, 2.45) is 0 Å². The fourth-order valence-corrected chi connectivity index (χ4v) is 1.22. The predicted octanol–water partition coefficient (Wildman–Crippen LogP) is 1.85. The number of phenols is 2. The summed E-state index contributed by atoms with van der Waals surface area (Å²) >= 11 is 5.54. The van der Waals surface area contributed by atoms with Gasteiger partial charge in [0, 0.05) is 0 Å². The fourth-order valence-electron chi connectivity index (χ4n) is 0.962. The third-order valence-electron chi connectivity index (χ3n) is 1.55. The highest BCUT2D eigenvalue weighted by atomic mass is 35.5. The Morgan fingerprint density at radius 2 is 1.92 bits per heavy atom. The minimum Gasteiger partial charge on any atom is -0.507 e. The second-order valence-corrected chi connectivity index (χ2v) is 2.52. The molecule has 0 aromatic heterocycles. The van der Waals surface area contributed by atoms with Crippen molar-refractivity contribution in [3.05, 3.63) is 17.7 Å². The van der Waals surface area contributed by atoms with E-state index in [0.29, 0.717) is 5.56 Å². The molecule has 0 heterocycles. The highest BCUT2D eigenvalue weighted by Gasteiger charge is 2.11. The summed E-state index contributed by atoms with van der Waals surface area (Å²) in [7, 11) is 1.41. The first-order valence-electron chi connectivity index (χ1n) is 3.34. The van der Waals surface area contributed by atoms with Crippen LogP contribution in [0.5, 0.6) is 17.2 Å². The summed E-state index contributed by atoms with van der Waals surface area (Å²) in [5.74, 6) is 0.333. The zero-order valence-electron chi connectivity index (χ0n) is 6.54. The zero-order chi connectivity index (χ0) is 9.14. The molecule has 3 nitrogen and oxygen atoms in total. The van der Waals surface area contributed by atoms with Gasteiger partial charge in [-0.1, -0.05) is 0 Å². The number of alkyl halides is 1. The second-order valence-electron chi connectivity index (χ2n) is 2.25. The minimum absolute atomic E-state index is 0.0223. The van der Waals surface area contributed by atoms with E-state index in [1.54, 1.807) is 0 Å². The fraction of sp³-hybridized carbons (Fsp3) is 0.250. The van der Waals surface area contributed by atoms with Crippen LogP contribution in [0.4, 0.5) is 0 Å². The van der Waals surface area contributed by atoms with E-state index in [1.807, 2.05) is 0 Å². The number of hydrogen-bond acceptors (Lipinski definition) is 3. The molecule has 0 aliphatic rings. The summed E-state index contributed by atoms with van der Waals surface area (Å²) in [5, 5.41) is 18.5. The van der Waals surface area contributed by atoms with Crippen molar-refractivity contribution >= 4 is 11.6 Å². The van der Waals surface area contributed by atoms with Crippen LogP contribution >= 0.6 is 11.6 Å². The number of benzene rings is 1. The van der Waals surface area contributed by atoms with E-state index in [1.165, 1.54) is 19.2 Å². The Balaban J connectivity index is 3.28. The summed E-state index contributed by atoms with van der Waals surface area (Å²) in [6.45, 7) is 0. The maximum atomic E-state index is 9.27. The maximum absolute atomic E-state index is 9.27. The van der Waals surface area contributed by atoms with Gasteiger partial charge in [-0.05, 0) is 12.1 Å². The molecule has 0 atom stereocenters. The lowest BCUT2D eigenvalue weighted by Gasteiger charge is -2.08. The van der Waals surface area contributed by atoms with Gasteiger partial charge in [0.25, 0.3) is 0 Å². The lowest BCUT2D eigenvalue weighted by atomic mass is 10.2. The largest absolute Gasteiger partial charge is 0.507 e. The number of hydrogen-bond donors (Lipinski definition) is 2. The van der Waals surface area contributed by atoms with E-state index in [-0.39, 0.29) is 23.1 Å². The Morgan fingerprint density at radius 1 is 1.33 bits per heavy atom. The zero-order valence-corrected chi connectivity index (χ0v) is 7.30. The van der Waals surface area contributed by atoms with Crippen LogP contribution < -0.4 is 4.74 Å². The van der Waals surface area contributed by atoms with Crippen LogP contribution in [-0.4, -0.2) is 17.3 Å². The van der Waals surface area contributed by atoms with E-state index < -0.39 is 0 Å². The van der Waals surface area contributed by atoms with Gasteiger partial charge in [0.15, 0.2) is 11.5 Å². The Morgan fingerprint density at radius 3 is 2.33 bits per heavy atom. The Bertz CT molecular complexity index is 257. The van der Waals surface area contributed by atoms with Gasteiger partial charge in [-0.3, -0.25) is 0 Å². The molecule has 0 saturated carbocycles. The molecule has 12 heavy (non-hydrogen) atoms. The molecule has 2 N–H and O–H groups in total.